The lowest BCUT2D eigenvalue weighted by Gasteiger charge is -2.23. The molecule has 1 saturated heterocycles. The number of rotatable bonds is 2. The molecule has 1 atom stereocenters. The van der Waals surface area contributed by atoms with Crippen LogP contribution in [0.1, 0.15) is 36.5 Å². The van der Waals surface area contributed by atoms with Gasteiger partial charge in [-0.25, -0.2) is 0 Å². The van der Waals surface area contributed by atoms with Crippen molar-refractivity contribution in [2.24, 2.45) is 0 Å². The van der Waals surface area contributed by atoms with Crippen LogP contribution in [0.5, 0.6) is 0 Å². The summed E-state index contributed by atoms with van der Waals surface area (Å²) in [6.07, 6.45) is 5.07. The Labute approximate surface area is 106 Å². The minimum atomic E-state index is 0.149. The molecule has 0 spiro atoms. The van der Waals surface area contributed by atoms with E-state index >= 15 is 0 Å². The number of H-pyrrole nitrogens is 1. The highest BCUT2D eigenvalue weighted by Gasteiger charge is 2.27. The van der Waals surface area contributed by atoms with E-state index in [0.29, 0.717) is 6.04 Å². The molecule has 1 amide bonds. The Hall–Kier alpha value is -1.84. The fraction of sp³-hybridized carbons (Fsp3) is 0.429. The van der Waals surface area contributed by atoms with Gasteiger partial charge in [0.15, 0.2) is 0 Å². The van der Waals surface area contributed by atoms with E-state index < -0.39 is 0 Å². The van der Waals surface area contributed by atoms with Gasteiger partial charge < -0.3 is 4.90 Å². The van der Waals surface area contributed by atoms with Crippen LogP contribution in [-0.4, -0.2) is 33.6 Å². The number of hydrogen-bond acceptors (Lipinski definition) is 2. The van der Waals surface area contributed by atoms with Crippen molar-refractivity contribution in [3.63, 3.8) is 0 Å². The summed E-state index contributed by atoms with van der Waals surface area (Å²) in [6.45, 7) is 3.03. The van der Waals surface area contributed by atoms with E-state index in [1.54, 1.807) is 6.20 Å². The van der Waals surface area contributed by atoms with Crippen LogP contribution < -0.4 is 0 Å². The molecule has 1 unspecified atom stereocenters. The molecule has 1 aliphatic rings. The van der Waals surface area contributed by atoms with Crippen molar-refractivity contribution in [1.29, 1.82) is 0 Å². The molecule has 4 heteroatoms. The number of carbonyl (C=O) groups is 1. The minimum Gasteiger partial charge on any atom is -0.336 e. The van der Waals surface area contributed by atoms with Gasteiger partial charge in [0.05, 0.1) is 11.7 Å². The summed E-state index contributed by atoms with van der Waals surface area (Å²) in [5.41, 5.74) is 1.68. The molecule has 94 valence electrons. The molecule has 1 fully saturated rings. The molecule has 0 aliphatic carbocycles. The zero-order valence-electron chi connectivity index (χ0n) is 10.5. The van der Waals surface area contributed by atoms with E-state index in [-0.39, 0.29) is 5.91 Å². The number of amides is 1. The average Bonchev–Trinajstić information content (AvgIpc) is 3.05. The van der Waals surface area contributed by atoms with Gasteiger partial charge in [0.25, 0.3) is 5.91 Å². The van der Waals surface area contributed by atoms with E-state index in [1.807, 2.05) is 23.1 Å². The second kappa shape index (κ2) is 4.44. The Morgan fingerprint density at radius 2 is 2.44 bits per heavy atom. The van der Waals surface area contributed by atoms with Crippen molar-refractivity contribution in [3.8, 4) is 0 Å². The number of likely N-dealkylation sites (tertiary alicyclic amines) is 1. The molecule has 0 bridgehead atoms. The van der Waals surface area contributed by atoms with Crippen molar-refractivity contribution in [1.82, 2.24) is 15.1 Å². The predicted molar refractivity (Wildman–Crippen MR) is 70.4 cm³/mol. The normalized spacial score (nSPS) is 19.6. The molecule has 18 heavy (non-hydrogen) atoms. The molecule has 1 aliphatic heterocycles. The lowest BCUT2D eigenvalue weighted by Crippen LogP contribution is -2.35. The fourth-order valence-corrected chi connectivity index (χ4v) is 2.76. The van der Waals surface area contributed by atoms with Gasteiger partial charge in [0.2, 0.25) is 0 Å². The van der Waals surface area contributed by atoms with Gasteiger partial charge in [0.1, 0.15) is 0 Å². The first kappa shape index (κ1) is 11.3. The van der Waals surface area contributed by atoms with E-state index in [2.05, 4.69) is 17.1 Å². The summed E-state index contributed by atoms with van der Waals surface area (Å²) in [5.74, 6) is 0.149. The summed E-state index contributed by atoms with van der Waals surface area (Å²) in [5, 5.41) is 7.93. The quantitative estimate of drug-likeness (QED) is 0.881. The number of nitrogens with zero attached hydrogens (tertiary/aromatic N) is 2. The van der Waals surface area contributed by atoms with Gasteiger partial charge >= 0.3 is 0 Å². The number of nitrogens with one attached hydrogen (secondary N) is 1. The Bertz CT molecular complexity index is 575. The number of aromatic nitrogens is 2. The third kappa shape index (κ3) is 1.78. The number of fused-ring (bicyclic) bond motifs is 1. The molecule has 1 N–H and O–H groups in total. The molecule has 1 aromatic carbocycles. The molecule has 0 saturated carbocycles. The molecular weight excluding hydrogens is 226 g/mol. The first-order chi connectivity index (χ1) is 8.79. The van der Waals surface area contributed by atoms with Crippen LogP contribution in [0.25, 0.3) is 10.9 Å². The van der Waals surface area contributed by atoms with Crippen LogP contribution in [0.4, 0.5) is 0 Å². The largest absolute Gasteiger partial charge is 0.336 e. The minimum absolute atomic E-state index is 0.149. The maximum absolute atomic E-state index is 12.5. The molecule has 2 heterocycles. The monoisotopic (exact) mass is 243 g/mol. The fourth-order valence-electron chi connectivity index (χ4n) is 2.76. The molecule has 4 nitrogen and oxygen atoms in total. The molecule has 1 aromatic heterocycles. The average molecular weight is 243 g/mol. The van der Waals surface area contributed by atoms with Crippen molar-refractivity contribution < 1.29 is 4.79 Å². The topological polar surface area (TPSA) is 49.0 Å². The van der Waals surface area contributed by atoms with Crippen LogP contribution >= 0.6 is 0 Å². The highest BCUT2D eigenvalue weighted by atomic mass is 16.2. The smallest absolute Gasteiger partial charge is 0.254 e. The zero-order valence-corrected chi connectivity index (χ0v) is 10.5. The van der Waals surface area contributed by atoms with Crippen LogP contribution in [0.15, 0.2) is 24.4 Å². The Kier molecular flexibility index (Phi) is 2.78. The van der Waals surface area contributed by atoms with Crippen LogP contribution in [0, 0.1) is 0 Å². The van der Waals surface area contributed by atoms with Crippen LogP contribution in [0.3, 0.4) is 0 Å². The number of carbonyl (C=O) groups excluding carboxylic acids is 1. The maximum Gasteiger partial charge on any atom is 0.254 e. The van der Waals surface area contributed by atoms with Crippen LogP contribution in [-0.2, 0) is 0 Å². The number of hydrogen-bond donors (Lipinski definition) is 1. The molecular formula is C14H17N3O. The second-order valence-corrected chi connectivity index (χ2v) is 4.87. The molecule has 0 radical (unpaired) electrons. The Balaban J connectivity index is 1.91. The third-order valence-electron chi connectivity index (χ3n) is 3.80. The second-order valence-electron chi connectivity index (χ2n) is 4.87. The van der Waals surface area contributed by atoms with Crippen LogP contribution in [0.2, 0.25) is 0 Å². The van der Waals surface area contributed by atoms with Gasteiger partial charge in [-0.15, -0.1) is 0 Å². The van der Waals surface area contributed by atoms with Gasteiger partial charge in [-0.1, -0.05) is 13.0 Å². The van der Waals surface area contributed by atoms with Gasteiger partial charge in [-0.3, -0.25) is 9.89 Å². The van der Waals surface area contributed by atoms with E-state index in [1.165, 1.54) is 0 Å². The van der Waals surface area contributed by atoms with Crippen molar-refractivity contribution >= 4 is 16.8 Å². The predicted octanol–water partition coefficient (Wildman–Crippen LogP) is 2.58. The van der Waals surface area contributed by atoms with Crippen molar-refractivity contribution in [2.45, 2.75) is 32.2 Å². The van der Waals surface area contributed by atoms with Gasteiger partial charge in [0, 0.05) is 23.5 Å². The van der Waals surface area contributed by atoms with Gasteiger partial charge in [-0.05, 0) is 31.4 Å². The summed E-state index contributed by atoms with van der Waals surface area (Å²) in [6, 6.07) is 6.15. The van der Waals surface area contributed by atoms with E-state index in [0.717, 1.165) is 42.3 Å². The van der Waals surface area contributed by atoms with Gasteiger partial charge in [-0.2, -0.15) is 5.10 Å². The lowest BCUT2D eigenvalue weighted by atomic mass is 10.1. The Morgan fingerprint density at radius 1 is 1.56 bits per heavy atom. The maximum atomic E-state index is 12.5. The third-order valence-corrected chi connectivity index (χ3v) is 3.80. The zero-order chi connectivity index (χ0) is 12.5. The number of benzene rings is 1. The SMILES string of the molecule is CCC1CCCN1C(=O)c1ccc2cn[nH]c2c1. The van der Waals surface area contributed by atoms with Crippen molar-refractivity contribution in [3.05, 3.63) is 30.0 Å². The first-order valence-corrected chi connectivity index (χ1v) is 6.53. The Morgan fingerprint density at radius 3 is 3.28 bits per heavy atom. The lowest BCUT2D eigenvalue weighted by molar-refractivity contribution is 0.0734. The standard InChI is InChI=1S/C14H17N3O/c1-2-12-4-3-7-17(12)14(18)10-5-6-11-9-15-16-13(11)8-10/h5-6,8-9,12H,2-4,7H2,1H3,(H,15,16). The summed E-state index contributed by atoms with van der Waals surface area (Å²) in [4.78, 5) is 14.5. The summed E-state index contributed by atoms with van der Waals surface area (Å²) < 4.78 is 0. The van der Waals surface area contributed by atoms with Crippen molar-refractivity contribution in [2.75, 3.05) is 6.54 Å². The molecule has 2 aromatic rings. The van der Waals surface area contributed by atoms with E-state index in [9.17, 15) is 4.79 Å². The number of aromatic amines is 1. The molecule has 3 rings (SSSR count). The summed E-state index contributed by atoms with van der Waals surface area (Å²) in [7, 11) is 0. The van der Waals surface area contributed by atoms with E-state index in [4.69, 9.17) is 0 Å². The first-order valence-electron chi connectivity index (χ1n) is 6.53. The highest BCUT2D eigenvalue weighted by Crippen LogP contribution is 2.23. The summed E-state index contributed by atoms with van der Waals surface area (Å²) >= 11 is 0. The highest BCUT2D eigenvalue weighted by molar-refractivity contribution is 5.98.